The van der Waals surface area contributed by atoms with Crippen molar-refractivity contribution in [3.63, 3.8) is 0 Å². The number of ether oxygens (including phenoxy) is 1. The van der Waals surface area contributed by atoms with Gasteiger partial charge in [-0.1, -0.05) is 36.8 Å². The summed E-state index contributed by atoms with van der Waals surface area (Å²) < 4.78 is 6.01. The van der Waals surface area contributed by atoms with E-state index in [2.05, 4.69) is 40.0 Å². The number of fused-ring (bicyclic) bond motifs is 1. The molecular weight excluding hydrogens is 460 g/mol. The predicted octanol–water partition coefficient (Wildman–Crippen LogP) is 5.89. The zero-order chi connectivity index (χ0) is 25.6. The first-order valence-electron chi connectivity index (χ1n) is 13.3. The highest BCUT2D eigenvalue weighted by Gasteiger charge is 2.21. The number of aromatic amines is 1. The minimum atomic E-state index is -0.0145. The van der Waals surface area contributed by atoms with Crippen LogP contribution in [0.3, 0.4) is 0 Å². The lowest BCUT2D eigenvalue weighted by molar-refractivity contribution is 0.0729. The fraction of sp³-hybridized carbons (Fsp3) is 0.355. The Morgan fingerprint density at radius 2 is 1.78 bits per heavy atom. The fourth-order valence-corrected chi connectivity index (χ4v) is 5.11. The van der Waals surface area contributed by atoms with Crippen molar-refractivity contribution in [2.75, 3.05) is 26.2 Å². The molecule has 0 aliphatic carbocycles. The quantitative estimate of drug-likeness (QED) is 0.314. The Morgan fingerprint density at radius 3 is 2.54 bits per heavy atom. The van der Waals surface area contributed by atoms with Crippen molar-refractivity contribution in [1.29, 1.82) is 0 Å². The number of para-hydroxylation sites is 1. The second-order valence-corrected chi connectivity index (χ2v) is 9.98. The molecule has 4 aromatic rings. The summed E-state index contributed by atoms with van der Waals surface area (Å²) in [7, 11) is 0. The molecule has 1 fully saturated rings. The largest absolute Gasteiger partial charge is 0.492 e. The van der Waals surface area contributed by atoms with E-state index in [1.807, 2.05) is 54.3 Å². The zero-order valence-corrected chi connectivity index (χ0v) is 21.9. The molecule has 5 rings (SSSR count). The van der Waals surface area contributed by atoms with Crippen LogP contribution in [0, 0.1) is 13.8 Å². The van der Waals surface area contributed by atoms with Crippen LogP contribution in [-0.4, -0.2) is 51.9 Å². The number of aryl methyl sites for hydroxylation is 2. The van der Waals surface area contributed by atoms with Crippen LogP contribution in [0.5, 0.6) is 5.75 Å². The first-order chi connectivity index (χ1) is 18.1. The van der Waals surface area contributed by atoms with Crippen molar-refractivity contribution < 1.29 is 9.53 Å². The van der Waals surface area contributed by atoms with Gasteiger partial charge in [-0.15, -0.1) is 0 Å². The number of nitrogens with zero attached hydrogens (tertiary/aromatic N) is 3. The average molecular weight is 497 g/mol. The van der Waals surface area contributed by atoms with Crippen molar-refractivity contribution in [1.82, 2.24) is 19.8 Å². The number of carbonyl (C=O) groups excluding carboxylic acids is 1. The molecule has 1 saturated heterocycles. The summed E-state index contributed by atoms with van der Waals surface area (Å²) in [5.74, 6) is 0.852. The molecule has 0 radical (unpaired) electrons. The molecule has 0 atom stereocenters. The highest BCUT2D eigenvalue weighted by Crippen LogP contribution is 2.26. The molecule has 1 aliphatic rings. The Balaban J connectivity index is 1.31. The number of H-pyrrole nitrogens is 1. The summed E-state index contributed by atoms with van der Waals surface area (Å²) in [6.45, 7) is 9.08. The monoisotopic (exact) mass is 496 g/mol. The Morgan fingerprint density at radius 1 is 0.973 bits per heavy atom. The van der Waals surface area contributed by atoms with E-state index in [0.29, 0.717) is 25.3 Å². The van der Waals surface area contributed by atoms with Crippen LogP contribution in [0.2, 0.25) is 0 Å². The lowest BCUT2D eigenvalue weighted by Crippen LogP contribution is -2.33. The van der Waals surface area contributed by atoms with Gasteiger partial charge < -0.3 is 14.6 Å². The Bertz CT molecular complexity index is 1320. The average Bonchev–Trinajstić information content (AvgIpc) is 3.23. The second kappa shape index (κ2) is 11.6. The molecule has 3 heterocycles. The van der Waals surface area contributed by atoms with E-state index in [1.165, 1.54) is 37.9 Å². The van der Waals surface area contributed by atoms with Crippen LogP contribution in [-0.2, 0) is 13.1 Å². The van der Waals surface area contributed by atoms with Gasteiger partial charge in [-0.05, 0) is 81.2 Å². The standard InChI is InChI=1S/C31H36N4O2/c1-23-24(2)33-30-28(23)10-8-11-29(30)31(36)35(22-26-9-4-5-16-32-26)21-25-12-14-27(15-13-25)37-20-19-34-17-6-3-7-18-34/h4-5,8-16,33H,3,6-7,17-22H2,1-2H3. The topological polar surface area (TPSA) is 61.5 Å². The number of pyridine rings is 1. The van der Waals surface area contributed by atoms with E-state index in [0.717, 1.165) is 40.1 Å². The highest BCUT2D eigenvalue weighted by molar-refractivity contribution is 6.06. The number of amides is 1. The van der Waals surface area contributed by atoms with E-state index >= 15 is 0 Å². The van der Waals surface area contributed by atoms with Crippen LogP contribution in [0.25, 0.3) is 10.9 Å². The number of aromatic nitrogens is 2. The molecule has 2 aromatic heterocycles. The smallest absolute Gasteiger partial charge is 0.256 e. The summed E-state index contributed by atoms with van der Waals surface area (Å²) in [6.07, 6.45) is 5.70. The van der Waals surface area contributed by atoms with Crippen molar-refractivity contribution in [3.05, 3.63) is 94.9 Å². The van der Waals surface area contributed by atoms with Crippen LogP contribution in [0.15, 0.2) is 66.9 Å². The van der Waals surface area contributed by atoms with Gasteiger partial charge in [0.05, 0.1) is 23.3 Å². The van der Waals surface area contributed by atoms with Crippen LogP contribution >= 0.6 is 0 Å². The minimum absolute atomic E-state index is 0.0145. The molecule has 1 amide bonds. The molecule has 2 aromatic carbocycles. The van der Waals surface area contributed by atoms with Gasteiger partial charge in [0.15, 0.2) is 0 Å². The van der Waals surface area contributed by atoms with Gasteiger partial charge >= 0.3 is 0 Å². The van der Waals surface area contributed by atoms with Gasteiger partial charge in [0.1, 0.15) is 12.4 Å². The van der Waals surface area contributed by atoms with E-state index < -0.39 is 0 Å². The number of piperidine rings is 1. The molecule has 1 N–H and O–H groups in total. The Hall–Kier alpha value is -3.64. The lowest BCUT2D eigenvalue weighted by Gasteiger charge is -2.26. The predicted molar refractivity (Wildman–Crippen MR) is 148 cm³/mol. The maximum absolute atomic E-state index is 13.9. The number of hydrogen-bond acceptors (Lipinski definition) is 4. The zero-order valence-electron chi connectivity index (χ0n) is 21.9. The summed E-state index contributed by atoms with van der Waals surface area (Å²) in [5, 5.41) is 1.09. The van der Waals surface area contributed by atoms with E-state index in [-0.39, 0.29) is 5.91 Å². The summed E-state index contributed by atoms with van der Waals surface area (Å²) >= 11 is 0. The third-order valence-corrected chi connectivity index (χ3v) is 7.36. The van der Waals surface area contributed by atoms with Gasteiger partial charge in [0.2, 0.25) is 0 Å². The van der Waals surface area contributed by atoms with Crippen LogP contribution in [0.4, 0.5) is 0 Å². The first-order valence-corrected chi connectivity index (χ1v) is 13.3. The maximum atomic E-state index is 13.9. The molecule has 192 valence electrons. The summed E-state index contributed by atoms with van der Waals surface area (Å²) in [4.78, 5) is 26.1. The number of likely N-dealkylation sites (tertiary alicyclic amines) is 1. The van der Waals surface area contributed by atoms with E-state index in [9.17, 15) is 4.79 Å². The van der Waals surface area contributed by atoms with Crippen LogP contribution in [0.1, 0.15) is 52.1 Å². The van der Waals surface area contributed by atoms with Crippen molar-refractivity contribution in [2.24, 2.45) is 0 Å². The van der Waals surface area contributed by atoms with E-state index in [4.69, 9.17) is 4.74 Å². The number of hydrogen-bond donors (Lipinski definition) is 1. The number of nitrogens with one attached hydrogen (secondary N) is 1. The number of carbonyl (C=O) groups is 1. The molecule has 37 heavy (non-hydrogen) atoms. The normalized spacial score (nSPS) is 14.1. The summed E-state index contributed by atoms with van der Waals surface area (Å²) in [6, 6.07) is 19.9. The number of rotatable bonds is 9. The lowest BCUT2D eigenvalue weighted by atomic mass is 10.1. The Kier molecular flexibility index (Phi) is 7.85. The van der Waals surface area contributed by atoms with Crippen LogP contribution < -0.4 is 4.74 Å². The van der Waals surface area contributed by atoms with Crippen molar-refractivity contribution in [2.45, 2.75) is 46.2 Å². The molecule has 0 bridgehead atoms. The molecule has 1 aliphatic heterocycles. The first kappa shape index (κ1) is 25.0. The molecule has 0 unspecified atom stereocenters. The van der Waals surface area contributed by atoms with Gasteiger partial charge in [-0.2, -0.15) is 0 Å². The molecular formula is C31H36N4O2. The summed E-state index contributed by atoms with van der Waals surface area (Å²) in [5.41, 5.74) is 5.76. The molecule has 0 spiro atoms. The van der Waals surface area contributed by atoms with Crippen molar-refractivity contribution in [3.8, 4) is 5.75 Å². The Labute approximate surface area is 219 Å². The molecule has 0 saturated carbocycles. The minimum Gasteiger partial charge on any atom is -0.492 e. The van der Waals surface area contributed by atoms with Gasteiger partial charge in [-0.3, -0.25) is 14.7 Å². The van der Waals surface area contributed by atoms with Gasteiger partial charge in [0.25, 0.3) is 5.91 Å². The van der Waals surface area contributed by atoms with E-state index in [1.54, 1.807) is 6.20 Å². The fourth-order valence-electron chi connectivity index (χ4n) is 5.11. The maximum Gasteiger partial charge on any atom is 0.256 e. The SMILES string of the molecule is Cc1[nH]c2c(C(=O)N(Cc3ccc(OCCN4CCCCC4)cc3)Cc3ccccn3)cccc2c1C. The molecule has 6 heteroatoms. The van der Waals surface area contributed by atoms with Gasteiger partial charge in [0, 0.05) is 30.4 Å². The third-order valence-electron chi connectivity index (χ3n) is 7.36. The van der Waals surface area contributed by atoms with Gasteiger partial charge in [-0.25, -0.2) is 0 Å². The third kappa shape index (κ3) is 6.03. The highest BCUT2D eigenvalue weighted by atomic mass is 16.5. The second-order valence-electron chi connectivity index (χ2n) is 9.98. The molecule has 6 nitrogen and oxygen atoms in total. The number of benzene rings is 2. The van der Waals surface area contributed by atoms with Crippen molar-refractivity contribution >= 4 is 16.8 Å².